The summed E-state index contributed by atoms with van der Waals surface area (Å²) in [6.45, 7) is 0. The zero-order chi connectivity index (χ0) is 35.1. The van der Waals surface area contributed by atoms with Crippen LogP contribution in [0.25, 0.3) is 53.2 Å². The third kappa shape index (κ3) is 4.49. The van der Waals surface area contributed by atoms with E-state index in [0.29, 0.717) is 0 Å². The van der Waals surface area contributed by atoms with Crippen LogP contribution >= 0.6 is 27.3 Å². The highest BCUT2D eigenvalue weighted by Gasteiger charge is 2.46. The summed E-state index contributed by atoms with van der Waals surface area (Å²) in [5.41, 5.74) is 11.9. The summed E-state index contributed by atoms with van der Waals surface area (Å²) in [7, 11) is 0. The van der Waals surface area contributed by atoms with Gasteiger partial charge in [-0.3, -0.25) is 0 Å². The predicted molar refractivity (Wildman–Crippen MR) is 226 cm³/mol. The molecule has 0 spiro atoms. The first-order valence-corrected chi connectivity index (χ1v) is 19.5. The molecule has 2 heterocycles. The maximum absolute atomic E-state index is 6.76. The second-order valence-electron chi connectivity index (χ2n) is 13.8. The summed E-state index contributed by atoms with van der Waals surface area (Å²) in [5, 5.41) is 4.74. The van der Waals surface area contributed by atoms with Crippen LogP contribution in [0.2, 0.25) is 0 Å². The van der Waals surface area contributed by atoms with E-state index in [2.05, 4.69) is 197 Å². The zero-order valence-corrected chi connectivity index (χ0v) is 30.9. The van der Waals surface area contributed by atoms with Gasteiger partial charge in [-0.1, -0.05) is 149 Å². The summed E-state index contributed by atoms with van der Waals surface area (Å²) >= 11 is 5.75. The number of thiophene rings is 1. The van der Waals surface area contributed by atoms with Gasteiger partial charge in [0.05, 0.1) is 11.1 Å². The van der Waals surface area contributed by atoms with Crippen molar-refractivity contribution in [2.75, 3.05) is 4.90 Å². The molecule has 0 fully saturated rings. The summed E-state index contributed by atoms with van der Waals surface area (Å²) in [6, 6.07) is 66.3. The summed E-state index contributed by atoms with van der Waals surface area (Å²) in [5.74, 6) is 0. The number of hydrogen-bond acceptors (Lipinski definition) is 3. The molecular weight excluding hydrogens is 731 g/mol. The van der Waals surface area contributed by atoms with Crippen LogP contribution < -0.4 is 4.90 Å². The number of para-hydroxylation sites is 1. The normalized spacial score (nSPS) is 13.2. The number of benzene rings is 8. The molecule has 1 aliphatic rings. The minimum Gasteiger partial charge on any atom is -0.454 e. The minimum atomic E-state index is -0.516. The Labute approximate surface area is 319 Å². The standard InChI is InChI=1S/C49H30BrNOS/c50-33-27-41-38-18-8-11-21-45(38)52-48(41)44(28-33)51(35-24-26-40-39-19-9-12-22-46(39)53-47(40)30-35)34-23-25-37-36-17-7-10-20-42(36)49(43(37)29-34,31-13-3-1-4-14-31)32-15-5-2-6-16-32/h1-30H. The average molecular weight is 761 g/mol. The van der Waals surface area contributed by atoms with Crippen LogP contribution in [-0.4, -0.2) is 0 Å². The van der Waals surface area contributed by atoms with Gasteiger partial charge in [0.1, 0.15) is 5.58 Å². The van der Waals surface area contributed by atoms with E-state index in [1.807, 2.05) is 17.4 Å². The molecule has 1 aliphatic carbocycles. The zero-order valence-electron chi connectivity index (χ0n) is 28.5. The van der Waals surface area contributed by atoms with E-state index in [4.69, 9.17) is 4.42 Å². The van der Waals surface area contributed by atoms with Crippen molar-refractivity contribution in [2.24, 2.45) is 0 Å². The van der Waals surface area contributed by atoms with Gasteiger partial charge in [0.2, 0.25) is 0 Å². The highest BCUT2D eigenvalue weighted by Crippen LogP contribution is 2.57. The number of fused-ring (bicyclic) bond motifs is 9. The fraction of sp³-hybridized carbons (Fsp3) is 0.0204. The summed E-state index contributed by atoms with van der Waals surface area (Å²) in [4.78, 5) is 2.39. The molecule has 0 aliphatic heterocycles. The van der Waals surface area contributed by atoms with E-state index < -0.39 is 5.41 Å². The molecule has 0 saturated heterocycles. The molecule has 4 heteroatoms. The molecule has 8 aromatic carbocycles. The Morgan fingerprint density at radius 3 is 1.91 bits per heavy atom. The molecule has 0 unspecified atom stereocenters. The molecule has 10 aromatic rings. The Hall–Kier alpha value is -5.94. The van der Waals surface area contributed by atoms with Crippen LogP contribution in [0.4, 0.5) is 17.1 Å². The lowest BCUT2D eigenvalue weighted by Crippen LogP contribution is -2.28. The minimum absolute atomic E-state index is 0.516. The lowest BCUT2D eigenvalue weighted by atomic mass is 9.67. The van der Waals surface area contributed by atoms with Crippen molar-refractivity contribution in [1.29, 1.82) is 0 Å². The van der Waals surface area contributed by atoms with Crippen molar-refractivity contribution in [1.82, 2.24) is 0 Å². The first-order valence-electron chi connectivity index (χ1n) is 17.9. The van der Waals surface area contributed by atoms with Gasteiger partial charge >= 0.3 is 0 Å². The van der Waals surface area contributed by atoms with Gasteiger partial charge < -0.3 is 9.32 Å². The van der Waals surface area contributed by atoms with E-state index in [-0.39, 0.29) is 0 Å². The molecule has 53 heavy (non-hydrogen) atoms. The third-order valence-corrected chi connectivity index (χ3v) is 12.6. The Bertz CT molecular complexity index is 2990. The fourth-order valence-corrected chi connectivity index (χ4v) is 10.4. The Morgan fingerprint density at radius 2 is 1.09 bits per heavy atom. The van der Waals surface area contributed by atoms with Gasteiger partial charge in [0, 0.05) is 46.8 Å². The number of furan rings is 1. The Morgan fingerprint density at radius 1 is 0.472 bits per heavy atom. The summed E-state index contributed by atoms with van der Waals surface area (Å²) in [6.07, 6.45) is 0. The van der Waals surface area contributed by atoms with E-state index in [9.17, 15) is 0 Å². The molecule has 0 amide bonds. The molecular formula is C49H30BrNOS. The van der Waals surface area contributed by atoms with Crippen LogP contribution in [0.15, 0.2) is 191 Å². The number of nitrogens with zero attached hydrogens (tertiary/aromatic N) is 1. The number of anilines is 3. The first kappa shape index (κ1) is 30.7. The molecule has 0 N–H and O–H groups in total. The van der Waals surface area contributed by atoms with Crippen molar-refractivity contribution in [3.05, 3.63) is 209 Å². The molecule has 2 nitrogen and oxygen atoms in total. The topological polar surface area (TPSA) is 16.4 Å². The average Bonchev–Trinajstić information content (AvgIpc) is 3.87. The van der Waals surface area contributed by atoms with Crippen LogP contribution in [0.1, 0.15) is 22.3 Å². The van der Waals surface area contributed by atoms with Gasteiger partial charge in [-0.25, -0.2) is 0 Å². The van der Waals surface area contributed by atoms with Crippen LogP contribution in [0.3, 0.4) is 0 Å². The van der Waals surface area contributed by atoms with Crippen molar-refractivity contribution in [3.8, 4) is 11.1 Å². The van der Waals surface area contributed by atoms with Gasteiger partial charge in [-0.15, -0.1) is 11.3 Å². The Kier molecular flexibility index (Phi) is 6.82. The molecule has 0 atom stereocenters. The van der Waals surface area contributed by atoms with Gasteiger partial charge in [-0.05, 0) is 81.9 Å². The smallest absolute Gasteiger partial charge is 0.159 e. The highest BCUT2D eigenvalue weighted by atomic mass is 79.9. The molecule has 0 bridgehead atoms. The fourth-order valence-electron chi connectivity index (χ4n) is 8.79. The van der Waals surface area contributed by atoms with Gasteiger partial charge in [-0.2, -0.15) is 0 Å². The van der Waals surface area contributed by atoms with Gasteiger partial charge in [0.25, 0.3) is 0 Å². The second kappa shape index (κ2) is 11.8. The van der Waals surface area contributed by atoms with E-state index in [0.717, 1.165) is 43.5 Å². The molecule has 250 valence electrons. The number of rotatable bonds is 5. The largest absolute Gasteiger partial charge is 0.454 e. The number of hydrogen-bond donors (Lipinski definition) is 0. The predicted octanol–water partition coefficient (Wildman–Crippen LogP) is 14.5. The first-order chi connectivity index (χ1) is 26.2. The second-order valence-corrected chi connectivity index (χ2v) is 15.8. The van der Waals surface area contributed by atoms with Crippen LogP contribution in [-0.2, 0) is 5.41 Å². The highest BCUT2D eigenvalue weighted by molar-refractivity contribution is 9.10. The van der Waals surface area contributed by atoms with Gasteiger partial charge in [0.15, 0.2) is 5.58 Å². The van der Waals surface area contributed by atoms with Crippen molar-refractivity contribution in [3.63, 3.8) is 0 Å². The number of halogens is 1. The quantitative estimate of drug-likeness (QED) is 0.174. The SMILES string of the molecule is Brc1cc(N(c2ccc3c(c2)C(c2ccccc2)(c2ccccc2)c2ccccc2-3)c2ccc3c(c2)sc2ccccc23)c2oc3ccccc3c2c1. The van der Waals surface area contributed by atoms with Crippen LogP contribution in [0.5, 0.6) is 0 Å². The van der Waals surface area contributed by atoms with Crippen molar-refractivity contribution in [2.45, 2.75) is 5.41 Å². The van der Waals surface area contributed by atoms with Crippen molar-refractivity contribution < 1.29 is 4.42 Å². The lowest BCUT2D eigenvalue weighted by Gasteiger charge is -2.35. The summed E-state index contributed by atoms with van der Waals surface area (Å²) < 4.78 is 10.3. The molecule has 2 aromatic heterocycles. The third-order valence-electron chi connectivity index (χ3n) is 11.0. The maximum atomic E-state index is 6.76. The lowest BCUT2D eigenvalue weighted by molar-refractivity contribution is 0.669. The molecule has 0 radical (unpaired) electrons. The molecule has 0 saturated carbocycles. The van der Waals surface area contributed by atoms with E-state index >= 15 is 0 Å². The Balaban J connectivity index is 1.23. The monoisotopic (exact) mass is 759 g/mol. The van der Waals surface area contributed by atoms with Crippen molar-refractivity contribution >= 4 is 86.4 Å². The van der Waals surface area contributed by atoms with E-state index in [1.54, 1.807) is 0 Å². The van der Waals surface area contributed by atoms with E-state index in [1.165, 1.54) is 53.6 Å². The van der Waals surface area contributed by atoms with Crippen LogP contribution in [0, 0.1) is 0 Å². The maximum Gasteiger partial charge on any atom is 0.159 e. The molecule has 11 rings (SSSR count).